The quantitative estimate of drug-likeness (QED) is 0.806. The molecule has 0 aliphatic heterocycles. The Hall–Kier alpha value is -2.73. The standard InChI is InChI=1S/C15H12ClN5O/c1-21(15(22)10-5-3-2-4-6-10)13-9-11(16)7-8-12(13)14-17-19-20-18-14/h2-9H,1H3,(H,17,18,19,20). The molecule has 110 valence electrons. The fourth-order valence-corrected chi connectivity index (χ4v) is 2.30. The van der Waals surface area contributed by atoms with Gasteiger partial charge in [-0.1, -0.05) is 29.8 Å². The summed E-state index contributed by atoms with van der Waals surface area (Å²) in [5.41, 5.74) is 1.87. The fraction of sp³-hybridized carbons (Fsp3) is 0.0667. The number of rotatable bonds is 3. The van der Waals surface area contributed by atoms with E-state index in [4.69, 9.17) is 11.6 Å². The first kappa shape index (κ1) is 14.2. The molecule has 0 saturated carbocycles. The largest absolute Gasteiger partial charge is 0.311 e. The zero-order valence-electron chi connectivity index (χ0n) is 11.7. The Morgan fingerprint density at radius 2 is 1.95 bits per heavy atom. The summed E-state index contributed by atoms with van der Waals surface area (Å²) >= 11 is 6.07. The maximum absolute atomic E-state index is 12.6. The number of hydrogen-bond acceptors (Lipinski definition) is 4. The van der Waals surface area contributed by atoms with Gasteiger partial charge in [0.15, 0.2) is 0 Å². The molecule has 0 atom stereocenters. The van der Waals surface area contributed by atoms with Crippen LogP contribution in [0.3, 0.4) is 0 Å². The second-order valence-electron chi connectivity index (χ2n) is 4.63. The number of benzene rings is 2. The van der Waals surface area contributed by atoms with Gasteiger partial charge >= 0.3 is 0 Å². The van der Waals surface area contributed by atoms with Crippen molar-refractivity contribution < 1.29 is 4.79 Å². The molecule has 0 aliphatic rings. The van der Waals surface area contributed by atoms with Crippen LogP contribution >= 0.6 is 11.6 Å². The molecule has 3 rings (SSSR count). The van der Waals surface area contributed by atoms with E-state index < -0.39 is 0 Å². The normalized spacial score (nSPS) is 10.5. The summed E-state index contributed by atoms with van der Waals surface area (Å²) in [5.74, 6) is 0.256. The third-order valence-electron chi connectivity index (χ3n) is 3.23. The van der Waals surface area contributed by atoms with Crippen LogP contribution in [0.5, 0.6) is 0 Å². The van der Waals surface area contributed by atoms with Gasteiger partial charge in [-0.3, -0.25) is 4.79 Å². The fourth-order valence-electron chi connectivity index (χ4n) is 2.13. The zero-order valence-corrected chi connectivity index (χ0v) is 12.4. The molecule has 1 aromatic heterocycles. The number of halogens is 1. The summed E-state index contributed by atoms with van der Waals surface area (Å²) in [5, 5.41) is 14.4. The first-order valence-electron chi connectivity index (χ1n) is 6.53. The summed E-state index contributed by atoms with van der Waals surface area (Å²) in [6.45, 7) is 0. The second kappa shape index (κ2) is 5.95. The Labute approximate surface area is 131 Å². The van der Waals surface area contributed by atoms with Crippen molar-refractivity contribution in [1.29, 1.82) is 0 Å². The van der Waals surface area contributed by atoms with Crippen LogP contribution in [0.15, 0.2) is 48.5 Å². The van der Waals surface area contributed by atoms with Crippen molar-refractivity contribution in [3.8, 4) is 11.4 Å². The van der Waals surface area contributed by atoms with E-state index in [1.54, 1.807) is 37.4 Å². The van der Waals surface area contributed by atoms with Gasteiger partial charge in [-0.05, 0) is 35.5 Å². The van der Waals surface area contributed by atoms with Gasteiger partial charge in [0.2, 0.25) is 5.82 Å². The van der Waals surface area contributed by atoms with E-state index in [0.29, 0.717) is 27.7 Å². The number of hydrogen-bond donors (Lipinski definition) is 1. The molecule has 0 aliphatic carbocycles. The van der Waals surface area contributed by atoms with E-state index >= 15 is 0 Å². The predicted molar refractivity (Wildman–Crippen MR) is 83.8 cm³/mol. The van der Waals surface area contributed by atoms with Crippen molar-refractivity contribution in [1.82, 2.24) is 20.6 Å². The Balaban J connectivity index is 2.04. The lowest BCUT2D eigenvalue weighted by molar-refractivity contribution is 0.0993. The van der Waals surface area contributed by atoms with E-state index in [-0.39, 0.29) is 5.91 Å². The van der Waals surface area contributed by atoms with Crippen LogP contribution in [0, 0.1) is 0 Å². The molecule has 22 heavy (non-hydrogen) atoms. The molecule has 0 unspecified atom stereocenters. The Bertz CT molecular complexity index is 789. The highest BCUT2D eigenvalue weighted by Gasteiger charge is 2.19. The van der Waals surface area contributed by atoms with Gasteiger partial charge in [0.05, 0.1) is 5.69 Å². The number of tetrazole rings is 1. The van der Waals surface area contributed by atoms with Crippen LogP contribution in [-0.4, -0.2) is 33.6 Å². The molecule has 0 saturated heterocycles. The lowest BCUT2D eigenvalue weighted by Crippen LogP contribution is -2.26. The summed E-state index contributed by atoms with van der Waals surface area (Å²) in [6, 6.07) is 14.2. The molecule has 1 amide bonds. The molecule has 2 aromatic carbocycles. The van der Waals surface area contributed by atoms with E-state index in [0.717, 1.165) is 0 Å². The van der Waals surface area contributed by atoms with Crippen molar-refractivity contribution in [2.45, 2.75) is 0 Å². The van der Waals surface area contributed by atoms with Crippen LogP contribution in [-0.2, 0) is 0 Å². The molecule has 0 fully saturated rings. The minimum Gasteiger partial charge on any atom is -0.311 e. The number of aromatic amines is 1. The van der Waals surface area contributed by atoms with Crippen molar-refractivity contribution in [2.75, 3.05) is 11.9 Å². The van der Waals surface area contributed by atoms with Gasteiger partial charge in [-0.15, -0.1) is 10.2 Å². The average Bonchev–Trinajstić information content (AvgIpc) is 3.08. The first-order valence-corrected chi connectivity index (χ1v) is 6.91. The highest BCUT2D eigenvalue weighted by atomic mass is 35.5. The minimum absolute atomic E-state index is 0.146. The van der Waals surface area contributed by atoms with Gasteiger partial charge < -0.3 is 4.90 Å². The maximum atomic E-state index is 12.6. The maximum Gasteiger partial charge on any atom is 0.258 e. The van der Waals surface area contributed by atoms with Crippen molar-refractivity contribution in [3.63, 3.8) is 0 Å². The average molecular weight is 314 g/mol. The Kier molecular flexibility index (Phi) is 3.84. The molecule has 3 aromatic rings. The van der Waals surface area contributed by atoms with Gasteiger partial charge in [-0.2, -0.15) is 5.21 Å². The number of carbonyl (C=O) groups excluding carboxylic acids is 1. The third kappa shape index (κ3) is 2.68. The zero-order chi connectivity index (χ0) is 15.5. The predicted octanol–water partition coefficient (Wildman–Crippen LogP) is 2.80. The molecule has 7 heteroatoms. The van der Waals surface area contributed by atoms with E-state index in [2.05, 4.69) is 20.6 Å². The number of carbonyl (C=O) groups is 1. The number of anilines is 1. The topological polar surface area (TPSA) is 74.8 Å². The number of nitrogens with zero attached hydrogens (tertiary/aromatic N) is 4. The number of nitrogens with one attached hydrogen (secondary N) is 1. The Morgan fingerprint density at radius 1 is 1.18 bits per heavy atom. The molecule has 0 radical (unpaired) electrons. The van der Waals surface area contributed by atoms with Crippen LogP contribution < -0.4 is 4.90 Å². The molecule has 0 bridgehead atoms. The van der Waals surface area contributed by atoms with E-state index in [1.165, 1.54) is 4.90 Å². The molecule has 1 N–H and O–H groups in total. The van der Waals surface area contributed by atoms with Gasteiger partial charge in [-0.25, -0.2) is 0 Å². The lowest BCUT2D eigenvalue weighted by Gasteiger charge is -2.20. The summed E-state index contributed by atoms with van der Waals surface area (Å²) in [7, 11) is 1.69. The molecular weight excluding hydrogens is 302 g/mol. The van der Waals surface area contributed by atoms with E-state index in [1.807, 2.05) is 18.2 Å². The third-order valence-corrected chi connectivity index (χ3v) is 3.47. The number of aromatic nitrogens is 4. The number of amides is 1. The van der Waals surface area contributed by atoms with Crippen LogP contribution in [0.1, 0.15) is 10.4 Å². The van der Waals surface area contributed by atoms with Gasteiger partial charge in [0.25, 0.3) is 5.91 Å². The second-order valence-corrected chi connectivity index (χ2v) is 5.06. The summed E-state index contributed by atoms with van der Waals surface area (Å²) < 4.78 is 0. The minimum atomic E-state index is -0.146. The molecule has 1 heterocycles. The summed E-state index contributed by atoms with van der Waals surface area (Å²) in [4.78, 5) is 14.1. The van der Waals surface area contributed by atoms with Crippen LogP contribution in [0.4, 0.5) is 5.69 Å². The van der Waals surface area contributed by atoms with Crippen LogP contribution in [0.2, 0.25) is 5.02 Å². The Morgan fingerprint density at radius 3 is 2.64 bits per heavy atom. The van der Waals surface area contributed by atoms with Crippen molar-refractivity contribution in [3.05, 3.63) is 59.1 Å². The highest BCUT2D eigenvalue weighted by molar-refractivity contribution is 6.31. The van der Waals surface area contributed by atoms with Gasteiger partial charge in [0, 0.05) is 23.2 Å². The van der Waals surface area contributed by atoms with E-state index in [9.17, 15) is 4.79 Å². The van der Waals surface area contributed by atoms with Crippen molar-refractivity contribution in [2.24, 2.45) is 0 Å². The molecular formula is C15H12ClN5O. The highest BCUT2D eigenvalue weighted by Crippen LogP contribution is 2.31. The van der Waals surface area contributed by atoms with Crippen LogP contribution in [0.25, 0.3) is 11.4 Å². The monoisotopic (exact) mass is 313 g/mol. The smallest absolute Gasteiger partial charge is 0.258 e. The molecule has 6 nitrogen and oxygen atoms in total. The number of H-pyrrole nitrogens is 1. The van der Waals surface area contributed by atoms with Crippen molar-refractivity contribution >= 4 is 23.2 Å². The SMILES string of the molecule is CN(C(=O)c1ccccc1)c1cc(Cl)ccc1-c1nn[nH]n1. The summed E-state index contributed by atoms with van der Waals surface area (Å²) in [6.07, 6.45) is 0. The first-order chi connectivity index (χ1) is 10.7. The molecule has 0 spiro atoms. The van der Waals surface area contributed by atoms with Gasteiger partial charge in [0.1, 0.15) is 0 Å². The lowest BCUT2D eigenvalue weighted by atomic mass is 10.1.